The van der Waals surface area contributed by atoms with E-state index in [0.29, 0.717) is 0 Å². The van der Waals surface area contributed by atoms with Gasteiger partial charge in [0.2, 0.25) is 0 Å². The summed E-state index contributed by atoms with van der Waals surface area (Å²) in [7, 11) is 0. The summed E-state index contributed by atoms with van der Waals surface area (Å²) in [6.45, 7) is 11.8. The molecule has 1 fully saturated rings. The van der Waals surface area contributed by atoms with Crippen LogP contribution >= 0.6 is 0 Å². The van der Waals surface area contributed by atoms with Crippen molar-refractivity contribution in [2.45, 2.75) is 65.8 Å². The van der Waals surface area contributed by atoms with Gasteiger partial charge >= 0.3 is 0 Å². The Morgan fingerprint density at radius 1 is 1.09 bits per heavy atom. The van der Waals surface area contributed by atoms with Crippen molar-refractivity contribution in [3.05, 3.63) is 29.3 Å². The molecule has 1 aromatic carbocycles. The van der Waals surface area contributed by atoms with E-state index in [0.717, 1.165) is 40.9 Å². The van der Waals surface area contributed by atoms with Crippen LogP contribution in [0.3, 0.4) is 0 Å². The molecule has 1 N–H and O–H groups in total. The fourth-order valence-electron chi connectivity index (χ4n) is 3.96. The van der Waals surface area contributed by atoms with Gasteiger partial charge in [0.15, 0.2) is 6.04 Å². The number of rotatable bonds is 4. The summed E-state index contributed by atoms with van der Waals surface area (Å²) in [4.78, 5) is 13.0. The molecule has 0 radical (unpaired) electrons. The Morgan fingerprint density at radius 2 is 1.61 bits per heavy atom. The molecule has 0 aliphatic carbocycles. The molecule has 1 heterocycles. The molecular weight excluding hydrogens is 284 g/mol. The molecule has 1 unspecified atom stereocenters. The normalized spacial score (nSPS) is 19.5. The van der Waals surface area contributed by atoms with Gasteiger partial charge in [-0.3, -0.25) is 4.79 Å². The van der Waals surface area contributed by atoms with Crippen LogP contribution in [-0.4, -0.2) is 36.1 Å². The van der Waals surface area contributed by atoms with Crippen LogP contribution in [0.1, 0.15) is 57.1 Å². The lowest BCUT2D eigenvalue weighted by molar-refractivity contribution is -0.940. The van der Waals surface area contributed by atoms with Gasteiger partial charge in [0.05, 0.1) is 19.6 Å². The van der Waals surface area contributed by atoms with Gasteiger partial charge in [-0.25, -0.2) is 0 Å². The van der Waals surface area contributed by atoms with Gasteiger partial charge in [-0.1, -0.05) is 24.6 Å². The number of carbonyl (C=O) groups is 1. The molecule has 0 saturated carbocycles. The van der Waals surface area contributed by atoms with Gasteiger partial charge in [-0.05, 0) is 64.5 Å². The molecule has 2 rings (SSSR count). The van der Waals surface area contributed by atoms with Crippen LogP contribution in [0.2, 0.25) is 0 Å². The largest absolute Gasteiger partial charge is 0.320 e. The number of hydrogen-bond acceptors (Lipinski definition) is 1. The summed E-state index contributed by atoms with van der Waals surface area (Å²) >= 11 is 0. The third-order valence-corrected chi connectivity index (χ3v) is 5.77. The second kappa shape index (κ2) is 7.96. The second-order valence-corrected chi connectivity index (χ2v) is 7.18. The SMILES string of the molecule is CC[N+]1(C(C)C(=O)Nc2c(C)cccc2C)CCCCCCC1. The van der Waals surface area contributed by atoms with Gasteiger partial charge < -0.3 is 9.80 Å². The minimum absolute atomic E-state index is 0.0112. The highest BCUT2D eigenvalue weighted by Crippen LogP contribution is 2.25. The maximum atomic E-state index is 13.0. The molecule has 3 nitrogen and oxygen atoms in total. The maximum absolute atomic E-state index is 13.0. The Hall–Kier alpha value is -1.35. The van der Waals surface area contributed by atoms with Crippen molar-refractivity contribution in [1.82, 2.24) is 0 Å². The average molecular weight is 317 g/mol. The molecular formula is C20H33N2O+. The van der Waals surface area contributed by atoms with E-state index in [1.54, 1.807) is 0 Å². The quantitative estimate of drug-likeness (QED) is 0.818. The number of aryl methyl sites for hydroxylation is 2. The first-order valence-corrected chi connectivity index (χ1v) is 9.23. The number of benzene rings is 1. The smallest absolute Gasteiger partial charge is 0.282 e. The van der Waals surface area contributed by atoms with E-state index in [4.69, 9.17) is 0 Å². The highest BCUT2D eigenvalue weighted by molar-refractivity contribution is 5.95. The lowest BCUT2D eigenvalue weighted by Crippen LogP contribution is -2.59. The number of likely N-dealkylation sites (N-methyl/N-ethyl adjacent to an activating group) is 1. The molecule has 1 aliphatic heterocycles. The number of likely N-dealkylation sites (tertiary alicyclic amines) is 1. The van der Waals surface area contributed by atoms with Gasteiger partial charge in [0.1, 0.15) is 0 Å². The molecule has 0 aromatic heterocycles. The van der Waals surface area contributed by atoms with Crippen LogP contribution in [0.25, 0.3) is 0 Å². The summed E-state index contributed by atoms with van der Waals surface area (Å²) < 4.78 is 0.941. The van der Waals surface area contributed by atoms with Crippen LogP contribution in [0.4, 0.5) is 5.69 Å². The van der Waals surface area contributed by atoms with Crippen molar-refractivity contribution in [2.75, 3.05) is 25.0 Å². The summed E-state index contributed by atoms with van der Waals surface area (Å²) in [5.41, 5.74) is 3.27. The van der Waals surface area contributed by atoms with E-state index in [-0.39, 0.29) is 11.9 Å². The zero-order chi connectivity index (χ0) is 16.9. The van der Waals surface area contributed by atoms with Gasteiger partial charge in [0, 0.05) is 5.69 Å². The summed E-state index contributed by atoms with van der Waals surface area (Å²) in [6.07, 6.45) is 6.47. The highest BCUT2D eigenvalue weighted by Gasteiger charge is 2.37. The number of carbonyl (C=O) groups excluding carboxylic acids is 1. The molecule has 128 valence electrons. The number of hydrogen-bond donors (Lipinski definition) is 1. The Labute approximate surface area is 141 Å². The minimum Gasteiger partial charge on any atom is -0.320 e. The second-order valence-electron chi connectivity index (χ2n) is 7.18. The zero-order valence-corrected chi connectivity index (χ0v) is 15.3. The Morgan fingerprint density at radius 3 is 2.13 bits per heavy atom. The van der Waals surface area contributed by atoms with E-state index in [1.165, 1.54) is 32.1 Å². The number of amides is 1. The predicted octanol–water partition coefficient (Wildman–Crippen LogP) is 4.43. The van der Waals surface area contributed by atoms with Gasteiger partial charge in [-0.15, -0.1) is 0 Å². The topological polar surface area (TPSA) is 29.1 Å². The Bertz CT molecular complexity index is 510. The Balaban J connectivity index is 2.16. The molecule has 3 heteroatoms. The first kappa shape index (κ1) is 18.0. The number of nitrogens with one attached hydrogen (secondary N) is 1. The van der Waals surface area contributed by atoms with E-state index in [2.05, 4.69) is 45.1 Å². The molecule has 1 atom stereocenters. The fourth-order valence-corrected chi connectivity index (χ4v) is 3.96. The maximum Gasteiger partial charge on any atom is 0.282 e. The van der Waals surface area contributed by atoms with E-state index >= 15 is 0 Å². The predicted molar refractivity (Wildman–Crippen MR) is 97.6 cm³/mol. The summed E-state index contributed by atoms with van der Waals surface area (Å²) in [5, 5.41) is 3.22. The lowest BCUT2D eigenvalue weighted by atomic mass is 10.0. The Kier molecular flexibility index (Phi) is 6.23. The van der Waals surface area contributed by atoms with Crippen molar-refractivity contribution in [3.8, 4) is 0 Å². The van der Waals surface area contributed by atoms with E-state index in [1.807, 2.05) is 6.07 Å². The van der Waals surface area contributed by atoms with Gasteiger partial charge in [0.25, 0.3) is 5.91 Å². The standard InChI is InChI=1S/C20H32N2O/c1-5-22(14-9-7-6-8-10-15-22)18(4)20(23)21-19-16(2)12-11-13-17(19)3/h11-13,18H,5-10,14-15H2,1-4H3/p+1. The number of quaternary nitrogens is 1. The number of para-hydroxylation sites is 1. The van der Waals surface area contributed by atoms with Gasteiger partial charge in [-0.2, -0.15) is 0 Å². The van der Waals surface area contributed by atoms with Crippen molar-refractivity contribution < 1.29 is 9.28 Å². The lowest BCUT2D eigenvalue weighted by Gasteiger charge is -2.43. The van der Waals surface area contributed by atoms with Crippen LogP contribution < -0.4 is 5.32 Å². The van der Waals surface area contributed by atoms with Crippen molar-refractivity contribution in [1.29, 1.82) is 0 Å². The van der Waals surface area contributed by atoms with Crippen LogP contribution in [0.5, 0.6) is 0 Å². The molecule has 1 amide bonds. The summed E-state index contributed by atoms with van der Waals surface area (Å²) in [6, 6.07) is 6.18. The number of anilines is 1. The molecule has 1 saturated heterocycles. The van der Waals surface area contributed by atoms with E-state index < -0.39 is 0 Å². The monoisotopic (exact) mass is 317 g/mol. The molecule has 0 bridgehead atoms. The van der Waals surface area contributed by atoms with Crippen molar-refractivity contribution in [2.24, 2.45) is 0 Å². The average Bonchev–Trinajstić information content (AvgIpc) is 2.51. The van der Waals surface area contributed by atoms with Crippen LogP contribution in [0.15, 0.2) is 18.2 Å². The molecule has 1 aromatic rings. The molecule has 1 aliphatic rings. The van der Waals surface area contributed by atoms with Crippen LogP contribution in [0, 0.1) is 13.8 Å². The van der Waals surface area contributed by atoms with E-state index in [9.17, 15) is 4.79 Å². The molecule has 0 spiro atoms. The van der Waals surface area contributed by atoms with Crippen LogP contribution in [-0.2, 0) is 4.79 Å². The third kappa shape index (κ3) is 4.14. The fraction of sp³-hybridized carbons (Fsp3) is 0.650. The number of nitrogens with zero attached hydrogens (tertiary/aromatic N) is 1. The molecule has 23 heavy (non-hydrogen) atoms. The van der Waals surface area contributed by atoms with Crippen molar-refractivity contribution >= 4 is 11.6 Å². The van der Waals surface area contributed by atoms with Crippen molar-refractivity contribution in [3.63, 3.8) is 0 Å². The first-order valence-electron chi connectivity index (χ1n) is 9.23. The first-order chi connectivity index (χ1) is 11.0. The minimum atomic E-state index is 0.0112. The third-order valence-electron chi connectivity index (χ3n) is 5.77. The summed E-state index contributed by atoms with van der Waals surface area (Å²) in [5.74, 6) is 0.171. The zero-order valence-electron chi connectivity index (χ0n) is 15.3. The highest BCUT2D eigenvalue weighted by atomic mass is 16.2.